The first-order valence-electron chi connectivity index (χ1n) is 17.0. The molecule has 0 N–H and O–H groups in total. The van der Waals surface area contributed by atoms with E-state index in [2.05, 4.69) is 9.48 Å². The van der Waals surface area contributed by atoms with Crippen molar-refractivity contribution in [3.8, 4) is 0 Å². The van der Waals surface area contributed by atoms with E-state index in [0.717, 1.165) is 22.8 Å². The predicted octanol–water partition coefficient (Wildman–Crippen LogP) is 1.65. The van der Waals surface area contributed by atoms with E-state index in [4.69, 9.17) is 26.6 Å². The average molecular weight is 851 g/mol. The molecule has 0 aliphatic carbocycles. The number of allylic oxidation sites excluding steroid dienone is 4. The molecule has 2 aliphatic rings. The molecule has 19 heteroatoms. The standard InChI is InChI=1S/C35H52N2O12S2Si2.K/c1-34(2)28-24-26(50(38,39)40)16-18-30(28)36(20-12-22-52(44-5,45-6)46-7)32(34)14-11-15-33-35(3,4)29-25-27(51(41,42)43)17-19-31(29)37(33)21-13-23-53(47-8,48-9)49-10;/h11,14-19,24-25H,12-13,20-23H2,1-10H3,(H-,38,39,40,41,42,43);/q;+1/p-1. The van der Waals surface area contributed by atoms with Gasteiger partial charge in [-0.3, -0.25) is 0 Å². The molecule has 54 heavy (non-hydrogen) atoms. The Morgan fingerprint density at radius 3 is 1.70 bits per heavy atom. The molecule has 2 aliphatic heterocycles. The van der Waals surface area contributed by atoms with Crippen molar-refractivity contribution in [1.82, 2.24) is 0 Å². The van der Waals surface area contributed by atoms with E-state index in [1.165, 1.54) is 24.3 Å². The van der Waals surface area contributed by atoms with E-state index < -0.39 is 48.7 Å². The molecule has 0 saturated carbocycles. The Hall–Kier alpha value is -0.960. The van der Waals surface area contributed by atoms with Crippen LogP contribution >= 0.6 is 0 Å². The fourth-order valence-electron chi connectivity index (χ4n) is 7.35. The first-order valence-corrected chi connectivity index (χ1v) is 23.7. The molecular weight excluding hydrogens is 800 g/mol. The SMILES string of the molecule is CO[Si](CCCN1/C(=C/C=C/C2=[N+](CCC[Si](OC)(OC)OC)c3ccc(S(=O)(=O)[O-])cc3C2(C)C)C(C)(C)c2cc(S(=O)(=O)[O-])ccc21)(OC)OC.[K+]. The molecule has 0 aromatic heterocycles. The van der Waals surface area contributed by atoms with Crippen LogP contribution in [0.15, 0.2) is 70.1 Å². The Bertz CT molecular complexity index is 1980. The van der Waals surface area contributed by atoms with Crippen LogP contribution in [0.1, 0.15) is 51.7 Å². The molecule has 294 valence electrons. The fraction of sp³-hybridized carbons (Fsp3) is 0.514. The Morgan fingerprint density at radius 2 is 1.20 bits per heavy atom. The Morgan fingerprint density at radius 1 is 0.722 bits per heavy atom. The first kappa shape index (κ1) is 47.4. The summed E-state index contributed by atoms with van der Waals surface area (Å²) < 4.78 is 108. The van der Waals surface area contributed by atoms with Gasteiger partial charge in [-0.15, -0.1) is 0 Å². The van der Waals surface area contributed by atoms with Crippen LogP contribution in [-0.2, 0) is 57.6 Å². The van der Waals surface area contributed by atoms with Crippen molar-refractivity contribution < 1.29 is 108 Å². The zero-order valence-corrected chi connectivity index (χ0v) is 39.8. The van der Waals surface area contributed by atoms with Crippen LogP contribution in [0.3, 0.4) is 0 Å². The van der Waals surface area contributed by atoms with Crippen LogP contribution in [0.2, 0.25) is 12.1 Å². The minimum atomic E-state index is -4.70. The summed E-state index contributed by atoms with van der Waals surface area (Å²) in [5, 5.41) is 0. The van der Waals surface area contributed by atoms with Gasteiger partial charge in [0, 0.05) is 102 Å². The molecule has 0 fully saturated rings. The summed E-state index contributed by atoms with van der Waals surface area (Å²) in [6.07, 6.45) is 7.09. The number of hydrogen-bond donors (Lipinski definition) is 0. The second-order valence-corrected chi connectivity index (χ2v) is 22.9. The zero-order chi connectivity index (χ0) is 39.6. The topological polar surface area (TPSA) is 176 Å². The van der Waals surface area contributed by atoms with Gasteiger partial charge in [0.1, 0.15) is 26.8 Å². The largest absolute Gasteiger partial charge is 1.00 e. The maximum Gasteiger partial charge on any atom is 1.00 e. The molecule has 4 rings (SSSR count). The van der Waals surface area contributed by atoms with Gasteiger partial charge >= 0.3 is 69.0 Å². The Kier molecular flexibility index (Phi) is 16.1. The van der Waals surface area contributed by atoms with Gasteiger partial charge in [0.15, 0.2) is 5.71 Å². The normalized spacial score (nSPS) is 17.7. The van der Waals surface area contributed by atoms with E-state index in [1.807, 2.05) is 45.9 Å². The number of nitrogens with zero attached hydrogens (tertiary/aromatic N) is 2. The first-order chi connectivity index (χ1) is 24.7. The van der Waals surface area contributed by atoms with Gasteiger partial charge in [-0.2, -0.15) is 4.58 Å². The summed E-state index contributed by atoms with van der Waals surface area (Å²) in [4.78, 5) is 1.50. The number of hydrogen-bond acceptors (Lipinski definition) is 13. The van der Waals surface area contributed by atoms with Crippen molar-refractivity contribution in [3.63, 3.8) is 0 Å². The molecule has 0 atom stereocenters. The number of anilines is 1. The van der Waals surface area contributed by atoms with E-state index in [-0.39, 0.29) is 61.2 Å². The number of benzene rings is 2. The second kappa shape index (κ2) is 18.3. The molecule has 0 radical (unpaired) electrons. The maximum absolute atomic E-state index is 12.0. The third-order valence-corrected chi connectivity index (χ3v) is 17.7. The molecule has 0 unspecified atom stereocenters. The van der Waals surface area contributed by atoms with Crippen molar-refractivity contribution in [1.29, 1.82) is 0 Å². The summed E-state index contributed by atoms with van der Waals surface area (Å²) in [7, 11) is -5.81. The number of rotatable bonds is 18. The summed E-state index contributed by atoms with van der Waals surface area (Å²) >= 11 is 0. The summed E-state index contributed by atoms with van der Waals surface area (Å²) in [6.45, 7) is 8.93. The van der Waals surface area contributed by atoms with Crippen molar-refractivity contribution in [2.24, 2.45) is 0 Å². The zero-order valence-electron chi connectivity index (χ0n) is 33.0. The molecular formula is C35H51KN2O12S2Si2. The Balaban J connectivity index is 0.00000784. The molecule has 0 saturated heterocycles. The monoisotopic (exact) mass is 850 g/mol. The van der Waals surface area contributed by atoms with Gasteiger partial charge in [-0.1, -0.05) is 19.9 Å². The molecule has 2 heterocycles. The molecule has 0 bridgehead atoms. The number of fused-ring (bicyclic) bond motifs is 2. The quantitative estimate of drug-likeness (QED) is 0.120. The molecule has 14 nitrogen and oxygen atoms in total. The van der Waals surface area contributed by atoms with Crippen LogP contribution in [0.4, 0.5) is 11.4 Å². The van der Waals surface area contributed by atoms with Crippen LogP contribution < -0.4 is 56.3 Å². The molecule has 2 aromatic carbocycles. The van der Waals surface area contributed by atoms with Gasteiger partial charge in [-0.25, -0.2) is 16.8 Å². The van der Waals surface area contributed by atoms with Gasteiger partial charge in [-0.05, 0) is 62.2 Å². The second-order valence-electron chi connectivity index (χ2n) is 13.9. The van der Waals surface area contributed by atoms with Crippen LogP contribution in [0, 0.1) is 0 Å². The predicted molar refractivity (Wildman–Crippen MR) is 202 cm³/mol. The molecule has 2 aromatic rings. The van der Waals surface area contributed by atoms with E-state index >= 15 is 0 Å². The van der Waals surface area contributed by atoms with E-state index in [0.29, 0.717) is 49.1 Å². The maximum atomic E-state index is 12.0. The van der Waals surface area contributed by atoms with E-state index in [1.54, 1.807) is 54.8 Å². The molecule has 0 amide bonds. The summed E-state index contributed by atoms with van der Waals surface area (Å²) in [5.74, 6) is 0. The Labute approximate surface area is 365 Å². The van der Waals surface area contributed by atoms with Crippen molar-refractivity contribution >= 4 is 54.9 Å². The minimum Gasteiger partial charge on any atom is -0.744 e. The summed E-state index contributed by atoms with van der Waals surface area (Å²) in [5.41, 5.74) is 3.25. The van der Waals surface area contributed by atoms with Gasteiger partial charge < -0.3 is 40.6 Å². The van der Waals surface area contributed by atoms with Crippen molar-refractivity contribution in [3.05, 3.63) is 71.5 Å². The van der Waals surface area contributed by atoms with Crippen LogP contribution in [-0.4, -0.2) is 110 Å². The smallest absolute Gasteiger partial charge is 0.744 e. The minimum absolute atomic E-state index is 0. The third-order valence-electron chi connectivity index (χ3n) is 10.4. The van der Waals surface area contributed by atoms with Gasteiger partial charge in [0.25, 0.3) is 0 Å². The fourth-order valence-corrected chi connectivity index (χ4v) is 11.8. The molecule has 0 spiro atoms. The summed E-state index contributed by atoms with van der Waals surface area (Å²) in [6, 6.07) is 9.95. The van der Waals surface area contributed by atoms with Crippen LogP contribution in [0.25, 0.3) is 0 Å². The van der Waals surface area contributed by atoms with Crippen LogP contribution in [0.5, 0.6) is 0 Å². The van der Waals surface area contributed by atoms with Crippen molar-refractivity contribution in [2.45, 2.75) is 73.2 Å². The van der Waals surface area contributed by atoms with Gasteiger partial charge in [0.2, 0.25) is 5.69 Å². The van der Waals surface area contributed by atoms with Gasteiger partial charge in [0.05, 0.1) is 15.2 Å². The average Bonchev–Trinajstić information content (AvgIpc) is 3.46. The third kappa shape index (κ3) is 9.66. The van der Waals surface area contributed by atoms with Crippen molar-refractivity contribution in [2.75, 3.05) is 60.6 Å². The van der Waals surface area contributed by atoms with E-state index in [9.17, 15) is 25.9 Å².